The summed E-state index contributed by atoms with van der Waals surface area (Å²) in [6, 6.07) is 0. The molecule has 0 N–H and O–H groups in total. The summed E-state index contributed by atoms with van der Waals surface area (Å²) in [6.45, 7) is 27.6. The van der Waals surface area contributed by atoms with Crippen LogP contribution in [0.5, 0.6) is 0 Å². The summed E-state index contributed by atoms with van der Waals surface area (Å²) >= 11 is 0. The molecular formula is C14H42N2Si4Zr. The summed E-state index contributed by atoms with van der Waals surface area (Å²) in [7, 11) is -4.42. The Morgan fingerprint density at radius 3 is 0.476 bits per heavy atom. The maximum atomic E-state index is 4.82. The molecule has 0 amide bonds. The molecule has 128 valence electrons. The first-order valence-corrected chi connectivity index (χ1v) is 20.7. The first kappa shape index (κ1) is 34.1. The van der Waals surface area contributed by atoms with Crippen LogP contribution in [0.4, 0.5) is 0 Å². The van der Waals surface area contributed by atoms with Gasteiger partial charge >= 0.3 is 26.2 Å². The molecule has 0 bridgehead atoms. The van der Waals surface area contributed by atoms with E-state index in [4.69, 9.17) is 9.30 Å². The van der Waals surface area contributed by atoms with Gasteiger partial charge in [-0.05, 0) is 0 Å². The summed E-state index contributed by atoms with van der Waals surface area (Å²) in [5.41, 5.74) is 0. The van der Waals surface area contributed by atoms with E-state index in [1.165, 1.54) is 0 Å². The van der Waals surface area contributed by atoms with Crippen molar-refractivity contribution in [1.29, 1.82) is 0 Å². The van der Waals surface area contributed by atoms with Gasteiger partial charge in [0.05, 0.1) is 0 Å². The molecule has 0 atom stereocenters. The summed E-state index contributed by atoms with van der Waals surface area (Å²) < 4.78 is 9.64. The van der Waals surface area contributed by atoms with Crippen LogP contribution < -0.4 is 0 Å². The van der Waals surface area contributed by atoms with Crippen molar-refractivity contribution in [2.45, 2.75) is 78.6 Å². The van der Waals surface area contributed by atoms with E-state index < -0.39 is 32.9 Å². The van der Waals surface area contributed by atoms with Gasteiger partial charge in [0.15, 0.2) is 0 Å². The Kier molecular flexibility index (Phi) is 19.6. The Morgan fingerprint density at radius 2 is 0.476 bits per heavy atom. The monoisotopic (exact) mass is 440 g/mol. The van der Waals surface area contributed by atoms with Crippen molar-refractivity contribution in [3.05, 3.63) is 24.1 Å². The van der Waals surface area contributed by atoms with E-state index in [2.05, 4.69) is 78.6 Å². The van der Waals surface area contributed by atoms with Crippen molar-refractivity contribution in [2.24, 2.45) is 0 Å². The number of hydrogen-bond acceptors (Lipinski definition) is 0. The van der Waals surface area contributed by atoms with Crippen molar-refractivity contribution in [1.82, 2.24) is 0 Å². The Hall–Kier alpha value is 1.67. The largest absolute Gasteiger partial charge is 4.00 e. The topological polar surface area (TPSA) is 28.2 Å². The zero-order valence-electron chi connectivity index (χ0n) is 17.4. The van der Waals surface area contributed by atoms with Gasteiger partial charge in [0, 0.05) is 0 Å². The quantitative estimate of drug-likeness (QED) is 0.333. The number of hydrogen-bond donors (Lipinski definition) is 0. The van der Waals surface area contributed by atoms with E-state index in [0.717, 1.165) is 0 Å². The van der Waals surface area contributed by atoms with Gasteiger partial charge in [0.2, 0.25) is 0 Å². The first-order valence-electron chi connectivity index (χ1n) is 6.89. The van der Waals surface area contributed by atoms with Crippen LogP contribution in [0.15, 0.2) is 0 Å². The summed E-state index contributed by atoms with van der Waals surface area (Å²) in [5, 5.41) is 0. The SMILES string of the molecule is C[Si](C)(C)[N-][Si](C)(C)C.C[Si](C)(C)[N-][Si](C)(C)C.[CH3-].[CH3-].[Zr+4]. The molecule has 0 radical (unpaired) electrons. The maximum Gasteiger partial charge on any atom is 4.00 e. The molecule has 0 rings (SSSR count). The van der Waals surface area contributed by atoms with Crippen LogP contribution in [0.1, 0.15) is 0 Å². The van der Waals surface area contributed by atoms with E-state index >= 15 is 0 Å². The molecule has 0 aromatic heterocycles. The van der Waals surface area contributed by atoms with Gasteiger partial charge in [-0.15, -0.1) is 0 Å². The van der Waals surface area contributed by atoms with Crippen molar-refractivity contribution in [3.8, 4) is 0 Å². The van der Waals surface area contributed by atoms with Crippen LogP contribution in [-0.2, 0) is 26.2 Å². The van der Waals surface area contributed by atoms with Crippen LogP contribution in [0.25, 0.3) is 9.30 Å². The van der Waals surface area contributed by atoms with E-state index in [1.54, 1.807) is 0 Å². The molecule has 0 aromatic carbocycles. The average molecular weight is 442 g/mol. The Bertz CT molecular complexity index is 185. The van der Waals surface area contributed by atoms with Crippen LogP contribution >= 0.6 is 0 Å². The van der Waals surface area contributed by atoms with Gasteiger partial charge in [-0.25, -0.2) is 0 Å². The van der Waals surface area contributed by atoms with Crippen molar-refractivity contribution >= 4 is 32.9 Å². The summed E-state index contributed by atoms with van der Waals surface area (Å²) in [6.07, 6.45) is 0. The predicted molar refractivity (Wildman–Crippen MR) is 113 cm³/mol. The number of rotatable bonds is 4. The van der Waals surface area contributed by atoms with E-state index in [9.17, 15) is 0 Å². The summed E-state index contributed by atoms with van der Waals surface area (Å²) in [4.78, 5) is 0. The summed E-state index contributed by atoms with van der Waals surface area (Å²) in [5.74, 6) is 0. The molecule has 7 heteroatoms. The van der Waals surface area contributed by atoms with Crippen LogP contribution in [0.2, 0.25) is 78.6 Å². The Balaban J connectivity index is -0.0000000711. The zero-order valence-corrected chi connectivity index (χ0v) is 23.9. The fourth-order valence-corrected chi connectivity index (χ4v) is 18.1. The second kappa shape index (κ2) is 12.1. The standard InChI is InChI=1S/2C6H18NSi2.2CH3.Zr/c2*1-8(2,3)7-9(4,5)6;;;/h2*1-6H3;2*1H3;/q4*-1;+4. The third-order valence-corrected chi connectivity index (χ3v) is 12.1. The third-order valence-electron chi connectivity index (χ3n) is 1.34. The Morgan fingerprint density at radius 1 is 0.381 bits per heavy atom. The minimum absolute atomic E-state index is 0. The molecule has 0 spiro atoms. The van der Waals surface area contributed by atoms with Gasteiger partial charge in [-0.1, -0.05) is 112 Å². The molecule has 0 heterocycles. The molecule has 0 unspecified atom stereocenters. The molecule has 0 aliphatic carbocycles. The Labute approximate surface area is 161 Å². The minimum Gasteiger partial charge on any atom is -0.668 e. The van der Waals surface area contributed by atoms with Crippen LogP contribution in [0, 0.1) is 14.9 Å². The maximum absolute atomic E-state index is 4.82. The van der Waals surface area contributed by atoms with Crippen LogP contribution in [-0.4, -0.2) is 32.9 Å². The van der Waals surface area contributed by atoms with Gasteiger partial charge < -0.3 is 24.1 Å². The van der Waals surface area contributed by atoms with Crippen molar-refractivity contribution < 1.29 is 26.2 Å². The smallest absolute Gasteiger partial charge is 0.668 e. The normalized spacial score (nSPS) is 12.0. The molecule has 0 aliphatic heterocycles. The second-order valence-electron chi connectivity index (χ2n) is 8.91. The van der Waals surface area contributed by atoms with Crippen LogP contribution in [0.3, 0.4) is 0 Å². The molecule has 0 saturated carbocycles. The molecule has 0 aliphatic rings. The molecule has 2 nitrogen and oxygen atoms in total. The molecule has 0 aromatic rings. The second-order valence-corrected chi connectivity index (χ2v) is 28.1. The fourth-order valence-electron chi connectivity index (χ4n) is 2.01. The molecule has 0 fully saturated rings. The zero-order chi connectivity index (χ0) is 15.4. The van der Waals surface area contributed by atoms with Crippen molar-refractivity contribution in [3.63, 3.8) is 0 Å². The third kappa shape index (κ3) is 44.9. The molecular weight excluding hydrogens is 400 g/mol. The average Bonchev–Trinajstić information content (AvgIpc) is 1.64. The number of nitrogens with zero attached hydrogens (tertiary/aromatic N) is 2. The van der Waals surface area contributed by atoms with Gasteiger partial charge in [-0.3, -0.25) is 0 Å². The van der Waals surface area contributed by atoms with E-state index in [0.29, 0.717) is 0 Å². The van der Waals surface area contributed by atoms with Crippen molar-refractivity contribution in [2.75, 3.05) is 0 Å². The molecule has 0 saturated heterocycles. The fraction of sp³-hybridized carbons (Fsp3) is 0.857. The first-order chi connectivity index (χ1) is 7.41. The molecule has 21 heavy (non-hydrogen) atoms. The van der Waals surface area contributed by atoms with E-state index in [-0.39, 0.29) is 41.1 Å². The van der Waals surface area contributed by atoms with E-state index in [1.807, 2.05) is 0 Å². The van der Waals surface area contributed by atoms with Gasteiger partial charge in [-0.2, -0.15) is 0 Å². The van der Waals surface area contributed by atoms with Gasteiger partial charge in [0.1, 0.15) is 0 Å². The predicted octanol–water partition coefficient (Wildman–Crippen LogP) is 6.96. The minimum atomic E-state index is -1.11. The van der Waals surface area contributed by atoms with Gasteiger partial charge in [0.25, 0.3) is 0 Å².